The molecule has 0 atom stereocenters. The Morgan fingerprint density at radius 1 is 1.00 bits per heavy atom. The van der Waals surface area contributed by atoms with E-state index in [9.17, 15) is 9.59 Å². The fourth-order valence-corrected chi connectivity index (χ4v) is 2.70. The van der Waals surface area contributed by atoms with Crippen molar-refractivity contribution < 1.29 is 19.1 Å². The van der Waals surface area contributed by atoms with Crippen molar-refractivity contribution in [3.63, 3.8) is 0 Å². The van der Waals surface area contributed by atoms with Gasteiger partial charge in [0.25, 0.3) is 0 Å². The maximum atomic E-state index is 12.1. The van der Waals surface area contributed by atoms with Crippen LogP contribution in [0.15, 0.2) is 59.1 Å². The summed E-state index contributed by atoms with van der Waals surface area (Å²) in [5.41, 5.74) is 1.47. The van der Waals surface area contributed by atoms with Crippen LogP contribution in [0.5, 0.6) is 5.75 Å². The monoisotopic (exact) mass is 415 g/mol. The van der Waals surface area contributed by atoms with Gasteiger partial charge in [-0.1, -0.05) is 34.1 Å². The molecule has 1 fully saturated rings. The molecule has 6 heteroatoms. The predicted molar refractivity (Wildman–Crippen MR) is 102 cm³/mol. The number of ether oxygens (including phenoxy) is 2. The number of benzene rings is 2. The Balaban J connectivity index is 1.57. The first-order valence-electron chi connectivity index (χ1n) is 8.24. The average molecular weight is 416 g/mol. The summed E-state index contributed by atoms with van der Waals surface area (Å²) in [5.74, 6) is 0.401. The first-order valence-corrected chi connectivity index (χ1v) is 9.04. The van der Waals surface area contributed by atoms with E-state index < -0.39 is 0 Å². The van der Waals surface area contributed by atoms with Crippen LogP contribution in [-0.4, -0.2) is 43.1 Å². The SMILES string of the molecule is O=C(C=Cc1ccc(OC(=O)N2CCOCC2)cc1)c1ccc(Br)cc1. The number of ketones is 1. The van der Waals surface area contributed by atoms with Gasteiger partial charge in [0.1, 0.15) is 5.75 Å². The first kappa shape index (κ1) is 18.4. The lowest BCUT2D eigenvalue weighted by Crippen LogP contribution is -2.42. The van der Waals surface area contributed by atoms with Gasteiger partial charge in [0, 0.05) is 23.1 Å². The largest absolute Gasteiger partial charge is 0.415 e. The number of nitrogens with zero attached hydrogens (tertiary/aromatic N) is 1. The number of hydrogen-bond donors (Lipinski definition) is 0. The van der Waals surface area contributed by atoms with E-state index in [0.717, 1.165) is 10.0 Å². The minimum absolute atomic E-state index is 0.0691. The second kappa shape index (κ2) is 8.78. The van der Waals surface area contributed by atoms with Crippen LogP contribution in [0.3, 0.4) is 0 Å². The molecular formula is C20H18BrNO4. The molecule has 2 aromatic rings. The van der Waals surface area contributed by atoms with Crippen LogP contribution in [0.25, 0.3) is 6.08 Å². The molecule has 1 saturated heterocycles. The van der Waals surface area contributed by atoms with E-state index in [2.05, 4.69) is 15.9 Å². The summed E-state index contributed by atoms with van der Waals surface area (Å²) in [6.07, 6.45) is 2.89. The summed E-state index contributed by atoms with van der Waals surface area (Å²) in [6.45, 7) is 2.14. The molecule has 0 aliphatic carbocycles. The van der Waals surface area contributed by atoms with Gasteiger partial charge in [0.05, 0.1) is 13.2 Å². The highest BCUT2D eigenvalue weighted by Gasteiger charge is 2.18. The molecular weight excluding hydrogens is 398 g/mol. The summed E-state index contributed by atoms with van der Waals surface area (Å²) in [6, 6.07) is 14.2. The molecule has 3 rings (SSSR count). The van der Waals surface area contributed by atoms with Gasteiger partial charge in [-0.3, -0.25) is 4.79 Å². The van der Waals surface area contributed by atoms with Gasteiger partial charge < -0.3 is 14.4 Å². The van der Waals surface area contributed by atoms with E-state index in [-0.39, 0.29) is 11.9 Å². The van der Waals surface area contributed by atoms with Crippen LogP contribution in [-0.2, 0) is 4.74 Å². The van der Waals surface area contributed by atoms with Crippen LogP contribution in [0.4, 0.5) is 4.79 Å². The molecule has 0 N–H and O–H groups in total. The lowest BCUT2D eigenvalue weighted by atomic mass is 10.1. The molecule has 5 nitrogen and oxygen atoms in total. The summed E-state index contributed by atoms with van der Waals surface area (Å²) < 4.78 is 11.5. The Hall–Kier alpha value is -2.44. The molecule has 0 aromatic heterocycles. The van der Waals surface area contributed by atoms with Crippen molar-refractivity contribution in [1.82, 2.24) is 4.90 Å². The van der Waals surface area contributed by atoms with Gasteiger partial charge in [-0.25, -0.2) is 4.79 Å². The van der Waals surface area contributed by atoms with Gasteiger partial charge >= 0.3 is 6.09 Å². The Kier molecular flexibility index (Phi) is 6.20. The van der Waals surface area contributed by atoms with Crippen LogP contribution in [0.2, 0.25) is 0 Å². The fraction of sp³-hybridized carbons (Fsp3) is 0.200. The maximum Gasteiger partial charge on any atom is 0.415 e. The predicted octanol–water partition coefficient (Wildman–Crippen LogP) is 4.18. The molecule has 2 aromatic carbocycles. The molecule has 0 spiro atoms. The van der Waals surface area contributed by atoms with Gasteiger partial charge in [0.2, 0.25) is 0 Å². The quantitative estimate of drug-likeness (QED) is 0.555. The zero-order valence-corrected chi connectivity index (χ0v) is 15.6. The molecule has 0 bridgehead atoms. The lowest BCUT2D eigenvalue weighted by molar-refractivity contribution is 0.0416. The summed E-state index contributed by atoms with van der Waals surface area (Å²) >= 11 is 3.34. The maximum absolute atomic E-state index is 12.1. The smallest absolute Gasteiger partial charge is 0.410 e. The van der Waals surface area contributed by atoms with Crippen LogP contribution >= 0.6 is 15.9 Å². The van der Waals surface area contributed by atoms with Crippen LogP contribution in [0.1, 0.15) is 15.9 Å². The highest BCUT2D eigenvalue weighted by atomic mass is 79.9. The normalized spacial score (nSPS) is 14.4. The second-order valence-electron chi connectivity index (χ2n) is 5.74. The van der Waals surface area contributed by atoms with Crippen molar-refractivity contribution in [2.24, 2.45) is 0 Å². The number of carbonyl (C=O) groups excluding carboxylic acids is 2. The van der Waals surface area contributed by atoms with Gasteiger partial charge in [-0.2, -0.15) is 0 Å². The number of halogens is 1. The van der Waals surface area contributed by atoms with E-state index in [0.29, 0.717) is 37.6 Å². The second-order valence-corrected chi connectivity index (χ2v) is 6.66. The third kappa shape index (κ3) is 5.03. The zero-order valence-electron chi connectivity index (χ0n) is 14.1. The van der Waals surface area contributed by atoms with Crippen molar-refractivity contribution in [3.8, 4) is 5.75 Å². The molecule has 1 aliphatic rings. The van der Waals surface area contributed by atoms with E-state index >= 15 is 0 Å². The molecule has 0 unspecified atom stereocenters. The van der Waals surface area contributed by atoms with E-state index in [1.54, 1.807) is 47.4 Å². The number of amides is 1. The van der Waals surface area contributed by atoms with Crippen molar-refractivity contribution >= 4 is 33.9 Å². The van der Waals surface area contributed by atoms with Gasteiger partial charge in [-0.05, 0) is 48.0 Å². The third-order valence-electron chi connectivity index (χ3n) is 3.91. The molecule has 26 heavy (non-hydrogen) atoms. The molecule has 0 radical (unpaired) electrons. The molecule has 0 saturated carbocycles. The van der Waals surface area contributed by atoms with E-state index in [1.165, 1.54) is 6.08 Å². The van der Waals surface area contributed by atoms with Gasteiger partial charge in [0.15, 0.2) is 5.78 Å². The lowest BCUT2D eigenvalue weighted by Gasteiger charge is -2.25. The van der Waals surface area contributed by atoms with Crippen LogP contribution in [0, 0.1) is 0 Å². The topological polar surface area (TPSA) is 55.8 Å². The minimum Gasteiger partial charge on any atom is -0.410 e. The standard InChI is InChI=1S/C20H18BrNO4/c21-17-6-4-16(5-7-17)19(23)10-3-15-1-8-18(9-2-15)26-20(24)22-11-13-25-14-12-22/h1-10H,11-14H2. The number of hydrogen-bond acceptors (Lipinski definition) is 4. The number of carbonyl (C=O) groups is 2. The highest BCUT2D eigenvalue weighted by Crippen LogP contribution is 2.16. The van der Waals surface area contributed by atoms with E-state index in [1.807, 2.05) is 12.1 Å². The molecule has 1 amide bonds. The van der Waals surface area contributed by atoms with E-state index in [4.69, 9.17) is 9.47 Å². The molecule has 1 heterocycles. The van der Waals surface area contributed by atoms with Gasteiger partial charge in [-0.15, -0.1) is 0 Å². The Morgan fingerprint density at radius 2 is 1.65 bits per heavy atom. The summed E-state index contributed by atoms with van der Waals surface area (Å²) in [5, 5.41) is 0. The highest BCUT2D eigenvalue weighted by molar-refractivity contribution is 9.10. The van der Waals surface area contributed by atoms with Crippen molar-refractivity contribution in [1.29, 1.82) is 0 Å². The van der Waals surface area contributed by atoms with Crippen molar-refractivity contribution in [3.05, 3.63) is 70.2 Å². The van der Waals surface area contributed by atoms with Crippen molar-refractivity contribution in [2.75, 3.05) is 26.3 Å². The number of morpholine rings is 1. The first-order chi connectivity index (χ1) is 12.6. The van der Waals surface area contributed by atoms with Crippen LogP contribution < -0.4 is 4.74 Å². The zero-order chi connectivity index (χ0) is 18.4. The Morgan fingerprint density at radius 3 is 2.31 bits per heavy atom. The third-order valence-corrected chi connectivity index (χ3v) is 4.44. The number of allylic oxidation sites excluding steroid dienone is 1. The molecule has 1 aliphatic heterocycles. The van der Waals surface area contributed by atoms with Crippen molar-refractivity contribution in [2.45, 2.75) is 0 Å². The number of rotatable bonds is 4. The Bertz CT molecular complexity index is 794. The molecule has 134 valence electrons. The summed E-state index contributed by atoms with van der Waals surface area (Å²) in [4.78, 5) is 25.8. The average Bonchev–Trinajstić information content (AvgIpc) is 2.68. The minimum atomic E-state index is -0.373. The Labute approximate surface area is 160 Å². The fourth-order valence-electron chi connectivity index (χ4n) is 2.44. The summed E-state index contributed by atoms with van der Waals surface area (Å²) in [7, 11) is 0.